The van der Waals surface area contributed by atoms with Gasteiger partial charge in [0, 0.05) is 0 Å². The SMILES string of the molecule is CCC(C=O)N(C(=O)OC(C)(C)C)c1ccccc1Cl. The van der Waals surface area contributed by atoms with Crippen molar-refractivity contribution in [3.63, 3.8) is 0 Å². The summed E-state index contributed by atoms with van der Waals surface area (Å²) in [6.07, 6.45) is 0.630. The first-order valence-electron chi connectivity index (χ1n) is 6.52. The van der Waals surface area contributed by atoms with Crippen LogP contribution in [0.25, 0.3) is 0 Å². The molecule has 1 aromatic rings. The predicted molar refractivity (Wildman–Crippen MR) is 80.3 cm³/mol. The van der Waals surface area contributed by atoms with Crippen molar-refractivity contribution in [1.29, 1.82) is 0 Å². The number of rotatable bonds is 4. The number of amides is 1. The van der Waals surface area contributed by atoms with Gasteiger partial charge in [-0.1, -0.05) is 30.7 Å². The molecule has 0 bridgehead atoms. The van der Waals surface area contributed by atoms with Gasteiger partial charge in [-0.25, -0.2) is 4.79 Å². The first kappa shape index (κ1) is 16.5. The van der Waals surface area contributed by atoms with Crippen LogP contribution in [0.3, 0.4) is 0 Å². The molecular weight excluding hydrogens is 278 g/mol. The number of carbonyl (C=O) groups is 2. The Morgan fingerprint density at radius 3 is 2.45 bits per heavy atom. The number of ether oxygens (including phenoxy) is 1. The van der Waals surface area contributed by atoms with Gasteiger partial charge in [0.15, 0.2) is 0 Å². The quantitative estimate of drug-likeness (QED) is 0.787. The maximum absolute atomic E-state index is 12.4. The van der Waals surface area contributed by atoms with Crippen LogP contribution in [0.2, 0.25) is 5.02 Å². The van der Waals surface area contributed by atoms with Crippen LogP contribution in [0.15, 0.2) is 24.3 Å². The average molecular weight is 298 g/mol. The van der Waals surface area contributed by atoms with Crippen LogP contribution in [0, 0.1) is 0 Å². The van der Waals surface area contributed by atoms with Crippen molar-refractivity contribution >= 4 is 29.7 Å². The number of anilines is 1. The molecule has 0 saturated carbocycles. The van der Waals surface area contributed by atoms with Crippen molar-refractivity contribution in [2.75, 3.05) is 4.90 Å². The first-order chi connectivity index (χ1) is 9.30. The van der Waals surface area contributed by atoms with Gasteiger partial charge >= 0.3 is 6.09 Å². The highest BCUT2D eigenvalue weighted by Gasteiger charge is 2.29. The lowest BCUT2D eigenvalue weighted by molar-refractivity contribution is -0.109. The van der Waals surface area contributed by atoms with Gasteiger partial charge in [-0.2, -0.15) is 0 Å². The molecular formula is C15H20ClNO3. The van der Waals surface area contributed by atoms with Crippen molar-refractivity contribution in [3.05, 3.63) is 29.3 Å². The summed E-state index contributed by atoms with van der Waals surface area (Å²) in [5.74, 6) is 0. The van der Waals surface area contributed by atoms with Crippen molar-refractivity contribution in [1.82, 2.24) is 0 Å². The average Bonchev–Trinajstić information content (AvgIpc) is 2.35. The summed E-state index contributed by atoms with van der Waals surface area (Å²) in [6.45, 7) is 7.15. The number of aldehydes is 1. The first-order valence-corrected chi connectivity index (χ1v) is 6.90. The molecule has 0 N–H and O–H groups in total. The topological polar surface area (TPSA) is 46.6 Å². The van der Waals surface area contributed by atoms with Gasteiger partial charge in [-0.3, -0.25) is 4.90 Å². The molecule has 1 unspecified atom stereocenters. The Morgan fingerprint density at radius 2 is 2.00 bits per heavy atom. The Labute approximate surface area is 124 Å². The van der Waals surface area contributed by atoms with Crippen LogP contribution in [-0.4, -0.2) is 24.0 Å². The van der Waals surface area contributed by atoms with E-state index in [9.17, 15) is 9.59 Å². The highest BCUT2D eigenvalue weighted by molar-refractivity contribution is 6.33. The van der Waals surface area contributed by atoms with E-state index in [0.717, 1.165) is 6.29 Å². The highest BCUT2D eigenvalue weighted by Crippen LogP contribution is 2.29. The smallest absolute Gasteiger partial charge is 0.415 e. The zero-order valence-electron chi connectivity index (χ0n) is 12.2. The van der Waals surface area contributed by atoms with Crippen LogP contribution >= 0.6 is 11.6 Å². The summed E-state index contributed by atoms with van der Waals surface area (Å²) in [5.41, 5.74) is -0.167. The zero-order chi connectivity index (χ0) is 15.3. The molecule has 1 atom stereocenters. The van der Waals surface area contributed by atoms with E-state index in [-0.39, 0.29) is 0 Å². The number of hydrogen-bond acceptors (Lipinski definition) is 3. The lowest BCUT2D eigenvalue weighted by Gasteiger charge is -2.31. The molecule has 0 aliphatic carbocycles. The highest BCUT2D eigenvalue weighted by atomic mass is 35.5. The van der Waals surface area contributed by atoms with Crippen molar-refractivity contribution in [3.8, 4) is 0 Å². The summed E-state index contributed by atoms with van der Waals surface area (Å²) in [5, 5.41) is 0.402. The third kappa shape index (κ3) is 4.23. The standard InChI is InChI=1S/C15H20ClNO3/c1-5-11(10-18)17(14(19)20-15(2,3)4)13-9-7-6-8-12(13)16/h6-11H,5H2,1-4H3. The van der Waals surface area contributed by atoms with Gasteiger partial charge < -0.3 is 9.53 Å². The van der Waals surface area contributed by atoms with Crippen molar-refractivity contribution < 1.29 is 14.3 Å². The molecule has 0 fully saturated rings. The fourth-order valence-corrected chi connectivity index (χ4v) is 1.94. The second kappa shape index (κ2) is 6.75. The minimum atomic E-state index is -0.641. The van der Waals surface area contributed by atoms with Crippen LogP contribution in [-0.2, 0) is 9.53 Å². The number of para-hydroxylation sites is 1. The predicted octanol–water partition coefficient (Wildman–Crippen LogP) is 4.06. The van der Waals surface area contributed by atoms with E-state index in [1.165, 1.54) is 4.90 Å². The Hall–Kier alpha value is -1.55. The molecule has 0 aliphatic rings. The second-order valence-corrected chi connectivity index (χ2v) is 5.82. The number of benzene rings is 1. The summed E-state index contributed by atoms with van der Waals surface area (Å²) >= 11 is 6.13. The number of hydrogen-bond donors (Lipinski definition) is 0. The maximum atomic E-state index is 12.4. The van der Waals surface area contributed by atoms with E-state index in [0.29, 0.717) is 17.1 Å². The van der Waals surface area contributed by atoms with Crippen molar-refractivity contribution in [2.24, 2.45) is 0 Å². The summed E-state index contributed by atoms with van der Waals surface area (Å²) in [6, 6.07) is 6.28. The van der Waals surface area contributed by atoms with E-state index in [1.807, 2.05) is 6.92 Å². The van der Waals surface area contributed by atoms with Gasteiger partial charge in [-0.15, -0.1) is 0 Å². The lowest BCUT2D eigenvalue weighted by atomic mass is 10.1. The molecule has 5 heteroatoms. The number of carbonyl (C=O) groups excluding carboxylic acids is 2. The van der Waals surface area contributed by atoms with E-state index in [2.05, 4.69) is 0 Å². The molecule has 0 saturated heterocycles. The van der Waals surface area contributed by atoms with E-state index in [4.69, 9.17) is 16.3 Å². The summed E-state index contributed by atoms with van der Waals surface area (Å²) < 4.78 is 5.36. The fraction of sp³-hybridized carbons (Fsp3) is 0.467. The Bertz CT molecular complexity index is 482. The molecule has 20 heavy (non-hydrogen) atoms. The second-order valence-electron chi connectivity index (χ2n) is 5.41. The van der Waals surface area contributed by atoms with Crippen LogP contribution in [0.5, 0.6) is 0 Å². The molecule has 4 nitrogen and oxygen atoms in total. The normalized spacial score (nSPS) is 12.7. The van der Waals surface area contributed by atoms with E-state index >= 15 is 0 Å². The fourth-order valence-electron chi connectivity index (χ4n) is 1.71. The summed E-state index contributed by atoms with van der Waals surface area (Å²) in [7, 11) is 0. The third-order valence-electron chi connectivity index (χ3n) is 2.61. The lowest BCUT2D eigenvalue weighted by Crippen LogP contribution is -2.44. The van der Waals surface area contributed by atoms with Gasteiger partial charge in [0.25, 0.3) is 0 Å². The molecule has 1 rings (SSSR count). The van der Waals surface area contributed by atoms with Crippen LogP contribution in [0.4, 0.5) is 10.5 Å². The monoisotopic (exact) mass is 297 g/mol. The van der Waals surface area contributed by atoms with Gasteiger partial charge in [-0.05, 0) is 39.3 Å². The molecule has 1 aromatic carbocycles. The molecule has 1 amide bonds. The van der Waals surface area contributed by atoms with Crippen molar-refractivity contribution in [2.45, 2.75) is 45.8 Å². The van der Waals surface area contributed by atoms with Crippen LogP contribution in [0.1, 0.15) is 34.1 Å². The molecule has 0 radical (unpaired) electrons. The molecule has 0 aromatic heterocycles. The molecule has 0 spiro atoms. The minimum Gasteiger partial charge on any atom is -0.443 e. The van der Waals surface area contributed by atoms with Gasteiger partial charge in [0.05, 0.1) is 16.8 Å². The molecule has 0 aliphatic heterocycles. The molecule has 0 heterocycles. The Balaban J connectivity index is 3.19. The van der Waals surface area contributed by atoms with E-state index in [1.54, 1.807) is 45.0 Å². The minimum absolute atomic E-state index is 0.402. The largest absolute Gasteiger partial charge is 0.443 e. The Morgan fingerprint density at radius 1 is 1.40 bits per heavy atom. The number of halogens is 1. The summed E-state index contributed by atoms with van der Waals surface area (Å²) in [4.78, 5) is 24.9. The van der Waals surface area contributed by atoms with Gasteiger partial charge in [0.2, 0.25) is 0 Å². The molecule has 110 valence electrons. The van der Waals surface area contributed by atoms with Crippen LogP contribution < -0.4 is 4.90 Å². The third-order valence-corrected chi connectivity index (χ3v) is 2.93. The maximum Gasteiger partial charge on any atom is 0.415 e. The number of nitrogens with zero attached hydrogens (tertiary/aromatic N) is 1. The van der Waals surface area contributed by atoms with Gasteiger partial charge in [0.1, 0.15) is 11.9 Å². The van der Waals surface area contributed by atoms with E-state index < -0.39 is 17.7 Å². The zero-order valence-corrected chi connectivity index (χ0v) is 13.0. The Kier molecular flexibility index (Phi) is 5.57.